The minimum atomic E-state index is 0.153. The molecule has 5 rings (SSSR count). The van der Waals surface area contributed by atoms with Gasteiger partial charge in [-0.1, -0.05) is 18.2 Å². The molecule has 0 saturated heterocycles. The SMILES string of the molecule is NC(=NC12CC3CC(CC(C3)C1)C2)Nc1ccccc1. The summed E-state index contributed by atoms with van der Waals surface area (Å²) in [6.07, 6.45) is 8.12. The molecule has 4 saturated carbocycles. The summed E-state index contributed by atoms with van der Waals surface area (Å²) < 4.78 is 0. The lowest BCUT2D eigenvalue weighted by Crippen LogP contribution is -2.50. The Labute approximate surface area is 120 Å². The summed E-state index contributed by atoms with van der Waals surface area (Å²) in [4.78, 5) is 4.95. The van der Waals surface area contributed by atoms with Crippen molar-refractivity contribution in [2.75, 3.05) is 5.32 Å². The number of rotatable bonds is 2. The molecule has 3 N–H and O–H groups in total. The molecule has 0 radical (unpaired) electrons. The molecule has 0 amide bonds. The van der Waals surface area contributed by atoms with Gasteiger partial charge < -0.3 is 11.1 Å². The number of benzene rings is 1. The van der Waals surface area contributed by atoms with Crippen molar-refractivity contribution in [1.82, 2.24) is 0 Å². The zero-order valence-electron chi connectivity index (χ0n) is 11.9. The van der Waals surface area contributed by atoms with E-state index in [0.29, 0.717) is 5.96 Å². The van der Waals surface area contributed by atoms with Crippen LogP contribution in [0.2, 0.25) is 0 Å². The van der Waals surface area contributed by atoms with E-state index in [1.807, 2.05) is 30.3 Å². The molecule has 1 aromatic rings. The highest BCUT2D eigenvalue weighted by atomic mass is 15.1. The molecule has 0 aliphatic heterocycles. The standard InChI is InChI=1S/C17H23N3/c18-16(19-15-4-2-1-3-5-15)20-17-9-12-6-13(10-17)8-14(7-12)11-17/h1-5,12-14H,6-11H2,(H3,18,19,20). The Kier molecular flexibility index (Phi) is 2.76. The average Bonchev–Trinajstić information content (AvgIpc) is 2.37. The number of nitrogens with one attached hydrogen (secondary N) is 1. The van der Waals surface area contributed by atoms with Crippen LogP contribution in [0.5, 0.6) is 0 Å². The lowest BCUT2D eigenvalue weighted by molar-refractivity contribution is 0.00164. The molecule has 4 aliphatic rings. The zero-order chi connectivity index (χ0) is 13.6. The number of guanidine groups is 1. The number of aliphatic imine (C=N–C) groups is 1. The molecule has 4 bridgehead atoms. The second kappa shape index (κ2) is 4.51. The average molecular weight is 269 g/mol. The molecule has 4 aliphatic carbocycles. The Morgan fingerprint density at radius 3 is 2.10 bits per heavy atom. The van der Waals surface area contributed by atoms with Crippen molar-refractivity contribution in [3.8, 4) is 0 Å². The van der Waals surface area contributed by atoms with E-state index >= 15 is 0 Å². The van der Waals surface area contributed by atoms with Crippen LogP contribution >= 0.6 is 0 Å². The Balaban J connectivity index is 1.54. The summed E-state index contributed by atoms with van der Waals surface area (Å²) in [5.41, 5.74) is 7.35. The van der Waals surface area contributed by atoms with Gasteiger partial charge in [-0.25, -0.2) is 4.99 Å². The molecule has 3 nitrogen and oxygen atoms in total. The first-order valence-corrected chi connectivity index (χ1v) is 7.88. The van der Waals surface area contributed by atoms with Gasteiger partial charge in [-0.05, 0) is 68.4 Å². The minimum Gasteiger partial charge on any atom is -0.370 e. The van der Waals surface area contributed by atoms with E-state index in [0.717, 1.165) is 23.4 Å². The highest BCUT2D eigenvalue weighted by Gasteiger charge is 2.51. The first-order chi connectivity index (χ1) is 9.71. The molecule has 3 heteroatoms. The third kappa shape index (κ3) is 2.19. The molecular formula is C17H23N3. The molecule has 20 heavy (non-hydrogen) atoms. The van der Waals surface area contributed by atoms with Crippen LogP contribution in [0.1, 0.15) is 38.5 Å². The van der Waals surface area contributed by atoms with E-state index < -0.39 is 0 Å². The Hall–Kier alpha value is -1.51. The number of nitrogens with zero attached hydrogens (tertiary/aromatic N) is 1. The Bertz CT molecular complexity index is 485. The van der Waals surface area contributed by atoms with Crippen molar-refractivity contribution in [3.05, 3.63) is 30.3 Å². The van der Waals surface area contributed by atoms with Gasteiger partial charge in [0.15, 0.2) is 5.96 Å². The number of hydrogen-bond acceptors (Lipinski definition) is 1. The smallest absolute Gasteiger partial charge is 0.193 e. The van der Waals surface area contributed by atoms with Gasteiger partial charge in [0.2, 0.25) is 0 Å². The Morgan fingerprint density at radius 1 is 1.00 bits per heavy atom. The number of nitrogens with two attached hydrogens (primary N) is 1. The zero-order valence-corrected chi connectivity index (χ0v) is 11.9. The van der Waals surface area contributed by atoms with Gasteiger partial charge in [-0.3, -0.25) is 0 Å². The van der Waals surface area contributed by atoms with Gasteiger partial charge in [0, 0.05) is 5.69 Å². The highest BCUT2D eigenvalue weighted by molar-refractivity contribution is 5.92. The van der Waals surface area contributed by atoms with E-state index in [-0.39, 0.29) is 5.54 Å². The van der Waals surface area contributed by atoms with Gasteiger partial charge in [0.1, 0.15) is 0 Å². The maximum Gasteiger partial charge on any atom is 0.193 e. The van der Waals surface area contributed by atoms with E-state index in [9.17, 15) is 0 Å². The lowest BCUT2D eigenvalue weighted by Gasteiger charge is -2.54. The van der Waals surface area contributed by atoms with E-state index in [2.05, 4.69) is 5.32 Å². The minimum absolute atomic E-state index is 0.153. The van der Waals surface area contributed by atoms with Gasteiger partial charge in [0.05, 0.1) is 5.54 Å². The van der Waals surface area contributed by atoms with Crippen LogP contribution in [-0.4, -0.2) is 11.5 Å². The summed E-state index contributed by atoms with van der Waals surface area (Å²) >= 11 is 0. The summed E-state index contributed by atoms with van der Waals surface area (Å²) in [6, 6.07) is 10.1. The van der Waals surface area contributed by atoms with Gasteiger partial charge in [0.25, 0.3) is 0 Å². The Morgan fingerprint density at radius 2 is 1.55 bits per heavy atom. The first-order valence-electron chi connectivity index (χ1n) is 7.88. The normalized spacial score (nSPS) is 39.0. The van der Waals surface area contributed by atoms with Crippen molar-refractivity contribution in [2.45, 2.75) is 44.1 Å². The fourth-order valence-corrected chi connectivity index (χ4v) is 5.15. The maximum atomic E-state index is 6.17. The largest absolute Gasteiger partial charge is 0.370 e. The number of hydrogen-bond donors (Lipinski definition) is 2. The molecule has 0 spiro atoms. The second-order valence-corrected chi connectivity index (χ2v) is 7.13. The lowest BCUT2D eigenvalue weighted by atomic mass is 9.53. The van der Waals surface area contributed by atoms with Crippen molar-refractivity contribution in [3.63, 3.8) is 0 Å². The fraction of sp³-hybridized carbons (Fsp3) is 0.588. The van der Waals surface area contributed by atoms with Crippen molar-refractivity contribution in [1.29, 1.82) is 0 Å². The maximum absolute atomic E-state index is 6.17. The predicted molar refractivity (Wildman–Crippen MR) is 82.6 cm³/mol. The van der Waals surface area contributed by atoms with Gasteiger partial charge in [-0.15, -0.1) is 0 Å². The number of anilines is 1. The predicted octanol–water partition coefficient (Wildman–Crippen LogP) is 3.38. The first kappa shape index (κ1) is 12.2. The van der Waals surface area contributed by atoms with Crippen molar-refractivity contribution >= 4 is 11.6 Å². The van der Waals surface area contributed by atoms with Crippen molar-refractivity contribution in [2.24, 2.45) is 28.5 Å². The van der Waals surface area contributed by atoms with Crippen LogP contribution in [0.25, 0.3) is 0 Å². The molecule has 106 valence electrons. The van der Waals surface area contributed by atoms with Crippen LogP contribution in [0.3, 0.4) is 0 Å². The molecule has 4 fully saturated rings. The van der Waals surface area contributed by atoms with Crippen LogP contribution in [0, 0.1) is 17.8 Å². The molecule has 0 unspecified atom stereocenters. The van der Waals surface area contributed by atoms with E-state index in [1.54, 1.807) is 0 Å². The monoisotopic (exact) mass is 269 g/mol. The van der Waals surface area contributed by atoms with E-state index in [4.69, 9.17) is 10.7 Å². The summed E-state index contributed by atoms with van der Waals surface area (Å²) in [5.74, 6) is 3.33. The second-order valence-electron chi connectivity index (χ2n) is 7.13. The van der Waals surface area contributed by atoms with E-state index in [1.165, 1.54) is 38.5 Å². The molecular weight excluding hydrogens is 246 g/mol. The van der Waals surface area contributed by atoms with Crippen LogP contribution < -0.4 is 11.1 Å². The summed E-state index contributed by atoms with van der Waals surface area (Å²) in [7, 11) is 0. The van der Waals surface area contributed by atoms with Crippen molar-refractivity contribution < 1.29 is 0 Å². The quantitative estimate of drug-likeness (QED) is 0.639. The number of para-hydroxylation sites is 1. The van der Waals surface area contributed by atoms with Crippen LogP contribution in [0.15, 0.2) is 35.3 Å². The topological polar surface area (TPSA) is 50.4 Å². The molecule has 0 heterocycles. The summed E-state index contributed by atoms with van der Waals surface area (Å²) in [6.45, 7) is 0. The molecule has 1 aromatic carbocycles. The van der Waals surface area contributed by atoms with Crippen LogP contribution in [-0.2, 0) is 0 Å². The third-order valence-corrected chi connectivity index (χ3v) is 5.41. The summed E-state index contributed by atoms with van der Waals surface area (Å²) in [5, 5.41) is 3.24. The molecule has 0 aromatic heterocycles. The third-order valence-electron chi connectivity index (χ3n) is 5.41. The molecule has 0 atom stereocenters. The highest BCUT2D eigenvalue weighted by Crippen LogP contribution is 2.57. The van der Waals surface area contributed by atoms with Crippen LogP contribution in [0.4, 0.5) is 5.69 Å². The van der Waals surface area contributed by atoms with Gasteiger partial charge in [-0.2, -0.15) is 0 Å². The van der Waals surface area contributed by atoms with Gasteiger partial charge >= 0.3 is 0 Å². The fourth-order valence-electron chi connectivity index (χ4n) is 5.15.